The molecular weight excluding hydrogens is 334 g/mol. The van der Waals surface area contributed by atoms with Crippen molar-refractivity contribution < 1.29 is 14.4 Å². The number of nitrogens with one attached hydrogen (secondary N) is 3. The van der Waals surface area contributed by atoms with Crippen LogP contribution in [0.4, 0.5) is 0 Å². The molecule has 3 atom stereocenters. The van der Waals surface area contributed by atoms with Crippen molar-refractivity contribution in [3.05, 3.63) is 41.9 Å². The van der Waals surface area contributed by atoms with E-state index in [2.05, 4.69) is 21.1 Å². The van der Waals surface area contributed by atoms with Crippen LogP contribution in [0.1, 0.15) is 31.5 Å². The van der Waals surface area contributed by atoms with E-state index in [1.165, 1.54) is 6.26 Å². The fourth-order valence-corrected chi connectivity index (χ4v) is 3.52. The SMILES string of the molecule is Cc1cc(C(C)(C)NC(=O)CC2NCC2C2(C(N)=O)C=CON2)ccn1. The van der Waals surface area contributed by atoms with Gasteiger partial charge in [-0.25, -0.2) is 0 Å². The van der Waals surface area contributed by atoms with Crippen molar-refractivity contribution in [2.45, 2.75) is 44.3 Å². The molecule has 140 valence electrons. The van der Waals surface area contributed by atoms with E-state index in [-0.39, 0.29) is 24.3 Å². The first-order valence-corrected chi connectivity index (χ1v) is 8.62. The van der Waals surface area contributed by atoms with E-state index in [0.29, 0.717) is 6.54 Å². The highest BCUT2D eigenvalue weighted by Gasteiger charge is 2.53. The molecule has 1 aromatic heterocycles. The van der Waals surface area contributed by atoms with E-state index >= 15 is 0 Å². The number of pyridine rings is 1. The summed E-state index contributed by atoms with van der Waals surface area (Å²) in [6.07, 6.45) is 5.00. The van der Waals surface area contributed by atoms with Crippen LogP contribution in [0, 0.1) is 12.8 Å². The first-order valence-electron chi connectivity index (χ1n) is 8.62. The zero-order valence-electron chi connectivity index (χ0n) is 15.2. The lowest BCUT2D eigenvalue weighted by Crippen LogP contribution is -2.70. The van der Waals surface area contributed by atoms with Crippen LogP contribution < -0.4 is 21.8 Å². The number of primary amides is 1. The monoisotopic (exact) mass is 359 g/mol. The molecule has 2 aliphatic rings. The number of carbonyl (C=O) groups is 2. The van der Waals surface area contributed by atoms with E-state index in [4.69, 9.17) is 10.6 Å². The lowest BCUT2D eigenvalue weighted by Gasteiger charge is -2.45. The zero-order chi connectivity index (χ0) is 18.9. The number of hydroxylamine groups is 1. The number of aromatic nitrogens is 1. The molecule has 0 aliphatic carbocycles. The smallest absolute Gasteiger partial charge is 0.245 e. The zero-order valence-corrected chi connectivity index (χ0v) is 15.2. The second kappa shape index (κ2) is 6.69. The molecular formula is C18H25N5O3. The number of aryl methyl sites for hydroxylation is 1. The molecule has 0 aromatic carbocycles. The molecule has 3 heterocycles. The Morgan fingerprint density at radius 3 is 2.81 bits per heavy atom. The van der Waals surface area contributed by atoms with Gasteiger partial charge in [-0.3, -0.25) is 14.6 Å². The van der Waals surface area contributed by atoms with Crippen LogP contribution in [0.2, 0.25) is 0 Å². The predicted octanol–water partition coefficient (Wildman–Crippen LogP) is -0.00798. The standard InChI is InChI=1S/C18H25N5O3/c1-11-8-12(4-6-20-11)17(2,3)22-15(24)9-14-13(10-21-14)18(16(19)25)5-7-26-23-18/h4-8,13-14,21,23H,9-10H2,1-3H3,(H2,19,25)(H,22,24). The van der Waals surface area contributed by atoms with Crippen LogP contribution in [0.15, 0.2) is 30.7 Å². The summed E-state index contributed by atoms with van der Waals surface area (Å²) in [5.41, 5.74) is 8.53. The van der Waals surface area contributed by atoms with Gasteiger partial charge >= 0.3 is 0 Å². The normalized spacial score (nSPS) is 27.5. The third kappa shape index (κ3) is 3.30. The van der Waals surface area contributed by atoms with Gasteiger partial charge in [-0.15, -0.1) is 5.48 Å². The molecule has 2 aliphatic heterocycles. The van der Waals surface area contributed by atoms with Gasteiger partial charge in [0.15, 0.2) is 5.54 Å². The lowest BCUT2D eigenvalue weighted by atomic mass is 9.73. The summed E-state index contributed by atoms with van der Waals surface area (Å²) in [5.74, 6) is -0.777. The molecule has 1 saturated heterocycles. The van der Waals surface area contributed by atoms with Gasteiger partial charge in [0.1, 0.15) is 6.26 Å². The number of hydrogen-bond acceptors (Lipinski definition) is 6. The van der Waals surface area contributed by atoms with Gasteiger partial charge in [0.2, 0.25) is 11.8 Å². The first kappa shape index (κ1) is 18.3. The molecule has 2 amide bonds. The first-order chi connectivity index (χ1) is 12.2. The van der Waals surface area contributed by atoms with E-state index in [9.17, 15) is 9.59 Å². The molecule has 0 bridgehead atoms. The lowest BCUT2D eigenvalue weighted by molar-refractivity contribution is -0.132. The van der Waals surface area contributed by atoms with Crippen LogP contribution in [0.3, 0.4) is 0 Å². The summed E-state index contributed by atoms with van der Waals surface area (Å²) in [7, 11) is 0. The average molecular weight is 359 g/mol. The molecule has 0 radical (unpaired) electrons. The van der Waals surface area contributed by atoms with E-state index in [0.717, 1.165) is 11.3 Å². The molecule has 3 rings (SSSR count). The molecule has 8 heteroatoms. The summed E-state index contributed by atoms with van der Waals surface area (Å²) < 4.78 is 0. The topological polar surface area (TPSA) is 118 Å². The Hall–Kier alpha value is -2.45. The molecule has 1 fully saturated rings. The Balaban J connectivity index is 1.65. The van der Waals surface area contributed by atoms with Crippen molar-refractivity contribution >= 4 is 11.8 Å². The van der Waals surface area contributed by atoms with Crippen LogP contribution in [0.25, 0.3) is 0 Å². The van der Waals surface area contributed by atoms with Gasteiger partial charge in [-0.2, -0.15) is 0 Å². The maximum Gasteiger partial charge on any atom is 0.245 e. The maximum absolute atomic E-state index is 12.6. The van der Waals surface area contributed by atoms with Crippen LogP contribution in [-0.4, -0.2) is 34.9 Å². The van der Waals surface area contributed by atoms with Gasteiger partial charge in [-0.05, 0) is 44.5 Å². The summed E-state index contributed by atoms with van der Waals surface area (Å²) in [4.78, 5) is 33.7. The van der Waals surface area contributed by atoms with Gasteiger partial charge in [-0.1, -0.05) is 0 Å². The van der Waals surface area contributed by atoms with E-state index < -0.39 is 17.0 Å². The highest BCUT2D eigenvalue weighted by atomic mass is 16.6. The molecule has 5 N–H and O–H groups in total. The van der Waals surface area contributed by atoms with E-state index in [1.807, 2.05) is 32.9 Å². The maximum atomic E-state index is 12.6. The van der Waals surface area contributed by atoms with Crippen molar-refractivity contribution in [3.8, 4) is 0 Å². The highest BCUT2D eigenvalue weighted by molar-refractivity contribution is 5.88. The average Bonchev–Trinajstić information content (AvgIpc) is 3.02. The fourth-order valence-electron chi connectivity index (χ4n) is 3.52. The van der Waals surface area contributed by atoms with Crippen molar-refractivity contribution in [1.29, 1.82) is 0 Å². The Kier molecular flexibility index (Phi) is 4.72. The van der Waals surface area contributed by atoms with Crippen molar-refractivity contribution in [3.63, 3.8) is 0 Å². The molecule has 0 spiro atoms. The van der Waals surface area contributed by atoms with Crippen molar-refractivity contribution in [1.82, 2.24) is 21.1 Å². The number of nitrogens with two attached hydrogens (primary N) is 1. The van der Waals surface area contributed by atoms with Crippen molar-refractivity contribution in [2.24, 2.45) is 11.7 Å². The van der Waals surface area contributed by atoms with Crippen molar-refractivity contribution in [2.75, 3.05) is 6.54 Å². The summed E-state index contributed by atoms with van der Waals surface area (Å²) in [6, 6.07) is 3.68. The number of hydrogen-bond donors (Lipinski definition) is 4. The largest absolute Gasteiger partial charge is 0.415 e. The second-order valence-electron chi connectivity index (χ2n) is 7.44. The van der Waals surface area contributed by atoms with Crippen LogP contribution >= 0.6 is 0 Å². The number of nitrogens with zero attached hydrogens (tertiary/aromatic N) is 1. The molecule has 3 unspecified atom stereocenters. The highest BCUT2D eigenvalue weighted by Crippen LogP contribution is 2.32. The Morgan fingerprint density at radius 2 is 2.27 bits per heavy atom. The van der Waals surface area contributed by atoms with Crippen LogP contribution in [-0.2, 0) is 20.0 Å². The van der Waals surface area contributed by atoms with Gasteiger partial charge < -0.3 is 21.2 Å². The summed E-state index contributed by atoms with van der Waals surface area (Å²) in [5, 5.41) is 6.27. The van der Waals surface area contributed by atoms with Gasteiger partial charge in [0, 0.05) is 36.8 Å². The minimum absolute atomic E-state index is 0.103. The Bertz CT molecular complexity index is 748. The Labute approximate surface area is 152 Å². The number of carbonyl (C=O) groups excluding carboxylic acids is 2. The van der Waals surface area contributed by atoms with Gasteiger partial charge in [0.25, 0.3) is 0 Å². The number of amides is 2. The summed E-state index contributed by atoms with van der Waals surface area (Å²) in [6.45, 7) is 6.39. The molecule has 8 nitrogen and oxygen atoms in total. The second-order valence-corrected chi connectivity index (χ2v) is 7.44. The van der Waals surface area contributed by atoms with Crippen LogP contribution in [0.5, 0.6) is 0 Å². The minimum atomic E-state index is -1.08. The molecule has 0 saturated carbocycles. The quantitative estimate of drug-likeness (QED) is 0.567. The molecule has 1 aromatic rings. The summed E-state index contributed by atoms with van der Waals surface area (Å²) >= 11 is 0. The third-order valence-corrected chi connectivity index (χ3v) is 5.18. The molecule has 26 heavy (non-hydrogen) atoms. The van der Waals surface area contributed by atoms with Gasteiger partial charge in [0.05, 0.1) is 5.54 Å². The fraction of sp³-hybridized carbons (Fsp3) is 0.500. The number of rotatable bonds is 6. The van der Waals surface area contributed by atoms with E-state index in [1.54, 1.807) is 12.3 Å². The Morgan fingerprint density at radius 1 is 1.50 bits per heavy atom. The predicted molar refractivity (Wildman–Crippen MR) is 95.3 cm³/mol. The third-order valence-electron chi connectivity index (χ3n) is 5.18. The minimum Gasteiger partial charge on any atom is -0.415 e.